The van der Waals surface area contributed by atoms with E-state index in [0.717, 1.165) is 28.1 Å². The molecule has 0 radical (unpaired) electrons. The van der Waals surface area contributed by atoms with Crippen LogP contribution in [0.5, 0.6) is 11.5 Å². The number of anilines is 1. The zero-order chi connectivity index (χ0) is 18.4. The molecular formula is C19H18N6O. The monoisotopic (exact) mass is 346 g/mol. The normalized spacial score (nSPS) is 10.0. The number of H-pyrrole nitrogens is 1. The number of rotatable bonds is 3. The predicted molar refractivity (Wildman–Crippen MR) is 102 cm³/mol. The van der Waals surface area contributed by atoms with E-state index in [2.05, 4.69) is 32.5 Å². The summed E-state index contributed by atoms with van der Waals surface area (Å²) in [6, 6.07) is 17.3. The number of nitrogen functional groups attached to an aromatic ring is 1. The summed E-state index contributed by atoms with van der Waals surface area (Å²) in [5.41, 5.74) is 12.8. The lowest BCUT2D eigenvalue weighted by atomic mass is 10.1. The van der Waals surface area contributed by atoms with Gasteiger partial charge in [-0.3, -0.25) is 5.10 Å². The van der Waals surface area contributed by atoms with E-state index in [4.69, 9.17) is 10.5 Å². The highest BCUT2D eigenvalue weighted by Gasteiger charge is 2.12. The van der Waals surface area contributed by atoms with Crippen LogP contribution in [0.1, 0.15) is 0 Å². The first-order valence-corrected chi connectivity index (χ1v) is 7.83. The lowest BCUT2D eigenvalue weighted by Gasteiger charge is -2.06. The molecule has 2 heterocycles. The molecule has 0 amide bonds. The molecule has 4 aromatic rings. The zero-order valence-electron chi connectivity index (χ0n) is 14.0. The number of ether oxygens (including phenoxy) is 1. The standard InChI is InChI=1S/C17H13N5O.C2H5N/c18-16-14-15(21-22-17(14)20-10-19-16)11-6-8-13(9-7-11)23-12-4-2-1-3-5-12;1-2-3/h1-10H,(H3,18,19,20,21,22);2H,1,3H2. The van der Waals surface area contributed by atoms with E-state index >= 15 is 0 Å². The van der Waals surface area contributed by atoms with Gasteiger partial charge in [-0.15, -0.1) is 0 Å². The molecule has 0 aliphatic carbocycles. The number of aromatic nitrogens is 4. The van der Waals surface area contributed by atoms with E-state index in [-0.39, 0.29) is 0 Å². The van der Waals surface area contributed by atoms with Crippen LogP contribution in [0, 0.1) is 0 Å². The Hall–Kier alpha value is -3.87. The molecule has 4 rings (SSSR count). The van der Waals surface area contributed by atoms with Gasteiger partial charge in [-0.1, -0.05) is 24.8 Å². The lowest BCUT2D eigenvalue weighted by Crippen LogP contribution is -1.92. The minimum atomic E-state index is 0.406. The van der Waals surface area contributed by atoms with Crippen LogP contribution < -0.4 is 16.2 Å². The summed E-state index contributed by atoms with van der Waals surface area (Å²) >= 11 is 0. The SMILES string of the molecule is C=CN.Nc1ncnc2n[nH]c(-c3ccc(Oc4ccccc4)cc3)c12. The molecule has 0 atom stereocenters. The molecule has 26 heavy (non-hydrogen) atoms. The van der Waals surface area contributed by atoms with Gasteiger partial charge in [-0.05, 0) is 42.6 Å². The molecule has 7 heteroatoms. The first-order valence-electron chi connectivity index (χ1n) is 7.83. The van der Waals surface area contributed by atoms with E-state index in [0.29, 0.717) is 11.5 Å². The van der Waals surface area contributed by atoms with Crippen molar-refractivity contribution in [2.45, 2.75) is 0 Å². The van der Waals surface area contributed by atoms with Crippen LogP contribution in [-0.4, -0.2) is 20.2 Å². The van der Waals surface area contributed by atoms with Crippen LogP contribution in [0.15, 0.2) is 73.7 Å². The van der Waals surface area contributed by atoms with Crippen molar-refractivity contribution in [3.63, 3.8) is 0 Å². The summed E-state index contributed by atoms with van der Waals surface area (Å²) in [6.45, 7) is 3.14. The molecule has 130 valence electrons. The quantitative estimate of drug-likeness (QED) is 0.523. The Kier molecular flexibility index (Phi) is 5.09. The third-order valence-corrected chi connectivity index (χ3v) is 3.50. The summed E-state index contributed by atoms with van der Waals surface area (Å²) in [6.07, 6.45) is 2.65. The largest absolute Gasteiger partial charge is 0.457 e. The number of aromatic amines is 1. The summed E-state index contributed by atoms with van der Waals surface area (Å²) in [5.74, 6) is 1.96. The van der Waals surface area contributed by atoms with Crippen LogP contribution in [0.3, 0.4) is 0 Å². The number of para-hydroxylation sites is 1. The highest BCUT2D eigenvalue weighted by molar-refractivity contribution is 5.97. The second-order valence-electron chi connectivity index (χ2n) is 5.23. The van der Waals surface area contributed by atoms with Crippen molar-refractivity contribution in [2.24, 2.45) is 5.73 Å². The fourth-order valence-electron chi connectivity index (χ4n) is 2.40. The Bertz CT molecular complexity index is 996. The third-order valence-electron chi connectivity index (χ3n) is 3.50. The van der Waals surface area contributed by atoms with Crippen LogP contribution in [0.2, 0.25) is 0 Å². The second-order valence-corrected chi connectivity index (χ2v) is 5.23. The first kappa shape index (κ1) is 17.0. The number of fused-ring (bicyclic) bond motifs is 1. The van der Waals surface area contributed by atoms with Crippen molar-refractivity contribution in [2.75, 3.05) is 5.73 Å². The highest BCUT2D eigenvalue weighted by atomic mass is 16.5. The van der Waals surface area contributed by atoms with Crippen LogP contribution in [0.4, 0.5) is 5.82 Å². The summed E-state index contributed by atoms with van der Waals surface area (Å²) in [7, 11) is 0. The smallest absolute Gasteiger partial charge is 0.186 e. The zero-order valence-corrected chi connectivity index (χ0v) is 14.0. The van der Waals surface area contributed by atoms with Crippen LogP contribution in [-0.2, 0) is 0 Å². The number of nitrogens with two attached hydrogens (primary N) is 2. The Balaban J connectivity index is 0.000000613. The average molecular weight is 346 g/mol. The maximum Gasteiger partial charge on any atom is 0.186 e. The maximum absolute atomic E-state index is 5.94. The molecule has 0 spiro atoms. The molecule has 0 bridgehead atoms. The fourth-order valence-corrected chi connectivity index (χ4v) is 2.40. The van der Waals surface area contributed by atoms with E-state index in [1.165, 1.54) is 12.5 Å². The van der Waals surface area contributed by atoms with Crippen molar-refractivity contribution in [3.05, 3.63) is 73.7 Å². The van der Waals surface area contributed by atoms with Crippen molar-refractivity contribution in [1.82, 2.24) is 20.2 Å². The summed E-state index contributed by atoms with van der Waals surface area (Å²) in [5, 5.41) is 7.85. The van der Waals surface area contributed by atoms with Gasteiger partial charge >= 0.3 is 0 Å². The van der Waals surface area contributed by atoms with Gasteiger partial charge in [-0.25, -0.2) is 9.97 Å². The molecule has 2 aromatic heterocycles. The topological polar surface area (TPSA) is 116 Å². The lowest BCUT2D eigenvalue weighted by molar-refractivity contribution is 0.483. The summed E-state index contributed by atoms with van der Waals surface area (Å²) in [4.78, 5) is 8.12. The molecular weight excluding hydrogens is 328 g/mol. The van der Waals surface area contributed by atoms with Gasteiger partial charge in [0.1, 0.15) is 23.6 Å². The Morgan fingerprint density at radius 1 is 0.962 bits per heavy atom. The third kappa shape index (κ3) is 3.62. The highest BCUT2D eigenvalue weighted by Crippen LogP contribution is 2.30. The van der Waals surface area contributed by atoms with E-state index in [1.807, 2.05) is 54.6 Å². The van der Waals surface area contributed by atoms with E-state index in [1.54, 1.807) is 0 Å². The van der Waals surface area contributed by atoms with E-state index in [9.17, 15) is 0 Å². The molecule has 0 aliphatic heterocycles. The Labute approximate surface area is 150 Å². The first-order chi connectivity index (χ1) is 12.7. The number of benzene rings is 2. The fraction of sp³-hybridized carbons (Fsp3) is 0. The molecule has 2 aromatic carbocycles. The van der Waals surface area contributed by atoms with Gasteiger partial charge in [0.15, 0.2) is 5.65 Å². The van der Waals surface area contributed by atoms with Crippen LogP contribution >= 0.6 is 0 Å². The summed E-state index contributed by atoms with van der Waals surface area (Å²) < 4.78 is 5.79. The average Bonchev–Trinajstić information content (AvgIpc) is 3.09. The molecule has 0 saturated carbocycles. The Morgan fingerprint density at radius 2 is 1.62 bits per heavy atom. The number of nitrogens with zero attached hydrogens (tertiary/aromatic N) is 3. The van der Waals surface area contributed by atoms with Crippen molar-refractivity contribution in [3.8, 4) is 22.8 Å². The molecule has 0 fully saturated rings. The predicted octanol–water partition coefficient (Wildman–Crippen LogP) is 3.48. The van der Waals surface area contributed by atoms with Crippen molar-refractivity contribution < 1.29 is 4.74 Å². The molecule has 0 saturated heterocycles. The van der Waals surface area contributed by atoms with Gasteiger partial charge in [0.2, 0.25) is 0 Å². The van der Waals surface area contributed by atoms with Gasteiger partial charge in [0.05, 0.1) is 11.1 Å². The minimum absolute atomic E-state index is 0.406. The van der Waals surface area contributed by atoms with Gasteiger partial charge in [-0.2, -0.15) is 5.10 Å². The molecule has 5 N–H and O–H groups in total. The molecule has 0 unspecified atom stereocenters. The van der Waals surface area contributed by atoms with Crippen molar-refractivity contribution in [1.29, 1.82) is 0 Å². The van der Waals surface area contributed by atoms with Crippen molar-refractivity contribution >= 4 is 16.9 Å². The van der Waals surface area contributed by atoms with E-state index < -0.39 is 0 Å². The Morgan fingerprint density at radius 3 is 2.31 bits per heavy atom. The minimum Gasteiger partial charge on any atom is -0.457 e. The number of hydrogen-bond donors (Lipinski definition) is 3. The number of hydrogen-bond acceptors (Lipinski definition) is 6. The van der Waals surface area contributed by atoms with Gasteiger partial charge in [0, 0.05) is 5.56 Å². The maximum atomic E-state index is 5.94. The molecule has 7 nitrogen and oxygen atoms in total. The van der Waals surface area contributed by atoms with Crippen LogP contribution in [0.25, 0.3) is 22.3 Å². The number of nitrogens with one attached hydrogen (secondary N) is 1. The van der Waals surface area contributed by atoms with Gasteiger partial charge in [0.25, 0.3) is 0 Å². The second kappa shape index (κ2) is 7.80. The molecule has 0 aliphatic rings. The van der Waals surface area contributed by atoms with Gasteiger partial charge < -0.3 is 16.2 Å².